The standard InChI is InChI=1S/C8H15N/c1-7(2)9-8-5-3-4-6-8/h3,5,7-9H,4,6H2,1-2H3. The second-order valence-corrected chi connectivity index (χ2v) is 2.93. The van der Waals surface area contributed by atoms with Crippen LogP contribution in [0, 0.1) is 0 Å². The van der Waals surface area contributed by atoms with Crippen molar-refractivity contribution in [1.29, 1.82) is 0 Å². The third-order valence-electron chi connectivity index (χ3n) is 1.56. The maximum absolute atomic E-state index is 3.45. The Bertz CT molecular complexity index is 105. The van der Waals surface area contributed by atoms with Gasteiger partial charge in [-0.25, -0.2) is 0 Å². The fourth-order valence-electron chi connectivity index (χ4n) is 1.20. The fourth-order valence-corrected chi connectivity index (χ4v) is 1.20. The number of hydrogen-bond acceptors (Lipinski definition) is 1. The van der Waals surface area contributed by atoms with Crippen LogP contribution in [0.1, 0.15) is 26.7 Å². The first kappa shape index (κ1) is 6.81. The van der Waals surface area contributed by atoms with E-state index in [2.05, 4.69) is 31.3 Å². The summed E-state index contributed by atoms with van der Waals surface area (Å²) in [5.74, 6) is 0. The Morgan fingerprint density at radius 1 is 1.56 bits per heavy atom. The number of allylic oxidation sites excluding steroid dienone is 1. The Hall–Kier alpha value is -0.300. The van der Waals surface area contributed by atoms with E-state index in [4.69, 9.17) is 0 Å². The summed E-state index contributed by atoms with van der Waals surface area (Å²) in [5.41, 5.74) is 0. The van der Waals surface area contributed by atoms with Gasteiger partial charge in [0.25, 0.3) is 0 Å². The minimum atomic E-state index is 0.623. The van der Waals surface area contributed by atoms with E-state index in [1.165, 1.54) is 12.8 Å². The predicted octanol–water partition coefficient (Wildman–Crippen LogP) is 1.70. The largest absolute Gasteiger partial charge is 0.308 e. The molecule has 1 rings (SSSR count). The van der Waals surface area contributed by atoms with Gasteiger partial charge in [0.1, 0.15) is 0 Å². The fraction of sp³-hybridized carbons (Fsp3) is 0.750. The monoisotopic (exact) mass is 125 g/mol. The minimum Gasteiger partial charge on any atom is -0.308 e. The molecule has 0 heterocycles. The Balaban J connectivity index is 2.20. The first-order valence-corrected chi connectivity index (χ1v) is 3.72. The van der Waals surface area contributed by atoms with Crippen molar-refractivity contribution in [2.75, 3.05) is 0 Å². The van der Waals surface area contributed by atoms with E-state index in [1.54, 1.807) is 0 Å². The van der Waals surface area contributed by atoms with Gasteiger partial charge in [0.2, 0.25) is 0 Å². The SMILES string of the molecule is CC(C)NC1C=CCC1. The molecule has 0 amide bonds. The molecular weight excluding hydrogens is 110 g/mol. The van der Waals surface area contributed by atoms with Crippen LogP contribution in [-0.4, -0.2) is 12.1 Å². The Kier molecular flexibility index (Phi) is 2.29. The predicted molar refractivity (Wildman–Crippen MR) is 40.4 cm³/mol. The van der Waals surface area contributed by atoms with Crippen LogP contribution in [0.5, 0.6) is 0 Å². The number of nitrogens with one attached hydrogen (secondary N) is 1. The van der Waals surface area contributed by atoms with E-state index >= 15 is 0 Å². The molecular formula is C8H15N. The Morgan fingerprint density at radius 3 is 2.78 bits per heavy atom. The second kappa shape index (κ2) is 3.02. The van der Waals surface area contributed by atoms with E-state index in [0.717, 1.165) is 0 Å². The third-order valence-corrected chi connectivity index (χ3v) is 1.56. The summed E-state index contributed by atoms with van der Waals surface area (Å²) in [4.78, 5) is 0. The quantitative estimate of drug-likeness (QED) is 0.554. The molecule has 1 atom stereocenters. The molecule has 0 radical (unpaired) electrons. The van der Waals surface area contributed by atoms with E-state index in [0.29, 0.717) is 12.1 Å². The van der Waals surface area contributed by atoms with Gasteiger partial charge in [-0.05, 0) is 12.8 Å². The molecule has 1 unspecified atom stereocenters. The zero-order valence-corrected chi connectivity index (χ0v) is 6.22. The maximum Gasteiger partial charge on any atom is 0.0255 e. The van der Waals surface area contributed by atoms with Crippen molar-refractivity contribution < 1.29 is 0 Å². The highest BCUT2D eigenvalue weighted by atomic mass is 14.9. The average molecular weight is 125 g/mol. The van der Waals surface area contributed by atoms with Gasteiger partial charge in [-0.2, -0.15) is 0 Å². The molecule has 0 aromatic heterocycles. The molecule has 52 valence electrons. The normalized spacial score (nSPS) is 25.9. The Morgan fingerprint density at radius 2 is 2.33 bits per heavy atom. The van der Waals surface area contributed by atoms with Crippen LogP contribution in [0.4, 0.5) is 0 Å². The van der Waals surface area contributed by atoms with E-state index in [9.17, 15) is 0 Å². The molecule has 0 spiro atoms. The van der Waals surface area contributed by atoms with E-state index in [1.807, 2.05) is 0 Å². The summed E-state index contributed by atoms with van der Waals surface area (Å²) in [6.45, 7) is 4.37. The van der Waals surface area contributed by atoms with E-state index < -0.39 is 0 Å². The first-order chi connectivity index (χ1) is 4.29. The molecule has 0 aromatic rings. The molecule has 1 heteroatoms. The molecule has 0 saturated heterocycles. The molecule has 0 bridgehead atoms. The van der Waals surface area contributed by atoms with Crippen LogP contribution < -0.4 is 5.32 Å². The van der Waals surface area contributed by atoms with Crippen molar-refractivity contribution in [3.8, 4) is 0 Å². The molecule has 1 aliphatic carbocycles. The molecule has 0 fully saturated rings. The zero-order chi connectivity index (χ0) is 6.69. The van der Waals surface area contributed by atoms with Crippen LogP contribution in [0.3, 0.4) is 0 Å². The summed E-state index contributed by atoms with van der Waals surface area (Å²) in [6.07, 6.45) is 7.06. The molecule has 1 aliphatic rings. The van der Waals surface area contributed by atoms with E-state index in [-0.39, 0.29) is 0 Å². The van der Waals surface area contributed by atoms with Crippen molar-refractivity contribution >= 4 is 0 Å². The van der Waals surface area contributed by atoms with Crippen molar-refractivity contribution in [1.82, 2.24) is 5.32 Å². The zero-order valence-electron chi connectivity index (χ0n) is 6.22. The number of rotatable bonds is 2. The topological polar surface area (TPSA) is 12.0 Å². The second-order valence-electron chi connectivity index (χ2n) is 2.93. The van der Waals surface area contributed by atoms with Gasteiger partial charge in [-0.15, -0.1) is 0 Å². The van der Waals surface area contributed by atoms with Crippen LogP contribution in [0.15, 0.2) is 12.2 Å². The van der Waals surface area contributed by atoms with Crippen LogP contribution in [-0.2, 0) is 0 Å². The van der Waals surface area contributed by atoms with Crippen molar-refractivity contribution in [2.45, 2.75) is 38.8 Å². The summed E-state index contributed by atoms with van der Waals surface area (Å²) < 4.78 is 0. The van der Waals surface area contributed by atoms with Gasteiger partial charge in [-0.1, -0.05) is 26.0 Å². The van der Waals surface area contributed by atoms with Gasteiger partial charge in [0.05, 0.1) is 0 Å². The number of hydrogen-bond donors (Lipinski definition) is 1. The van der Waals surface area contributed by atoms with Gasteiger partial charge < -0.3 is 5.32 Å². The average Bonchev–Trinajstić information content (AvgIpc) is 2.15. The van der Waals surface area contributed by atoms with Crippen molar-refractivity contribution in [2.24, 2.45) is 0 Å². The van der Waals surface area contributed by atoms with Crippen LogP contribution in [0.25, 0.3) is 0 Å². The summed E-state index contributed by atoms with van der Waals surface area (Å²) >= 11 is 0. The highest BCUT2D eigenvalue weighted by Gasteiger charge is 2.08. The maximum atomic E-state index is 3.45. The van der Waals surface area contributed by atoms with Crippen molar-refractivity contribution in [3.05, 3.63) is 12.2 Å². The third kappa shape index (κ3) is 2.19. The molecule has 9 heavy (non-hydrogen) atoms. The van der Waals surface area contributed by atoms with Gasteiger partial charge in [0, 0.05) is 12.1 Å². The first-order valence-electron chi connectivity index (χ1n) is 3.72. The summed E-state index contributed by atoms with van der Waals surface area (Å²) in [6, 6.07) is 1.28. The highest BCUT2D eigenvalue weighted by Crippen LogP contribution is 2.08. The van der Waals surface area contributed by atoms with Gasteiger partial charge in [-0.3, -0.25) is 0 Å². The summed E-state index contributed by atoms with van der Waals surface area (Å²) in [5, 5.41) is 3.45. The lowest BCUT2D eigenvalue weighted by Gasteiger charge is -2.12. The Labute approximate surface area is 57.1 Å². The van der Waals surface area contributed by atoms with Crippen molar-refractivity contribution in [3.63, 3.8) is 0 Å². The smallest absolute Gasteiger partial charge is 0.0255 e. The highest BCUT2D eigenvalue weighted by molar-refractivity contribution is 5.00. The van der Waals surface area contributed by atoms with Gasteiger partial charge >= 0.3 is 0 Å². The lowest BCUT2D eigenvalue weighted by Crippen LogP contribution is -2.31. The minimum absolute atomic E-state index is 0.623. The molecule has 1 nitrogen and oxygen atoms in total. The lowest BCUT2D eigenvalue weighted by molar-refractivity contribution is 0.517. The molecule has 0 aliphatic heterocycles. The molecule has 0 aromatic carbocycles. The van der Waals surface area contributed by atoms with Crippen LogP contribution in [0.2, 0.25) is 0 Å². The van der Waals surface area contributed by atoms with Gasteiger partial charge in [0.15, 0.2) is 0 Å². The van der Waals surface area contributed by atoms with Crippen LogP contribution >= 0.6 is 0 Å². The summed E-state index contributed by atoms with van der Waals surface area (Å²) in [7, 11) is 0. The lowest BCUT2D eigenvalue weighted by atomic mass is 10.2. The molecule has 0 saturated carbocycles. The molecule has 1 N–H and O–H groups in total.